The number of fused-ring (bicyclic) bond motifs is 1. The van der Waals surface area contributed by atoms with Crippen LogP contribution in [0, 0.1) is 12.8 Å². The maximum absolute atomic E-state index is 13.6. The predicted molar refractivity (Wildman–Crippen MR) is 122 cm³/mol. The molecule has 0 spiro atoms. The number of carbonyl (C=O) groups is 3. The van der Waals surface area contributed by atoms with Crippen LogP contribution in [0.15, 0.2) is 72.8 Å². The second kappa shape index (κ2) is 8.03. The molecule has 1 N–H and O–H groups in total. The monoisotopic (exact) mass is 462 g/mol. The van der Waals surface area contributed by atoms with Gasteiger partial charge in [0.05, 0.1) is 23.0 Å². The summed E-state index contributed by atoms with van der Waals surface area (Å²) in [7, 11) is 0. The van der Waals surface area contributed by atoms with Gasteiger partial charge in [-0.15, -0.1) is 0 Å². The van der Waals surface area contributed by atoms with Gasteiger partial charge in [0.1, 0.15) is 5.92 Å². The minimum absolute atomic E-state index is 0.0637. The molecule has 2 amide bonds. The van der Waals surface area contributed by atoms with Crippen molar-refractivity contribution in [3.8, 4) is 0 Å². The van der Waals surface area contributed by atoms with Crippen molar-refractivity contribution in [3.63, 3.8) is 0 Å². The van der Waals surface area contributed by atoms with Crippen molar-refractivity contribution in [2.75, 3.05) is 9.96 Å². The van der Waals surface area contributed by atoms with E-state index in [0.717, 1.165) is 10.5 Å². The fraction of sp³-hybridized carbons (Fsp3) is 0.160. The number of aromatic carboxylic acids is 1. The summed E-state index contributed by atoms with van der Waals surface area (Å²) in [4.78, 5) is 45.2. The first kappa shape index (κ1) is 21.2. The van der Waals surface area contributed by atoms with Crippen molar-refractivity contribution >= 4 is 40.8 Å². The molecule has 3 atom stereocenters. The van der Waals surface area contributed by atoms with Gasteiger partial charge in [0.25, 0.3) is 5.91 Å². The Kier molecular flexibility index (Phi) is 5.15. The third-order valence-electron chi connectivity index (χ3n) is 6.00. The maximum atomic E-state index is 13.6. The van der Waals surface area contributed by atoms with Crippen LogP contribution in [0.1, 0.15) is 27.5 Å². The molecule has 0 aliphatic carbocycles. The molecule has 2 aliphatic rings. The molecule has 3 aromatic rings. The Labute approximate surface area is 194 Å². The number of nitrogens with zero attached hydrogens (tertiary/aromatic N) is 2. The molecule has 2 heterocycles. The number of halogens is 1. The molecule has 0 saturated carbocycles. The maximum Gasteiger partial charge on any atom is 0.335 e. The summed E-state index contributed by atoms with van der Waals surface area (Å²) in [5, 5.41) is 11.2. The van der Waals surface area contributed by atoms with E-state index in [4.69, 9.17) is 21.5 Å². The van der Waals surface area contributed by atoms with Crippen molar-refractivity contribution in [3.05, 3.63) is 94.5 Å². The van der Waals surface area contributed by atoms with Crippen LogP contribution >= 0.6 is 11.6 Å². The number of aryl methyl sites for hydroxylation is 1. The van der Waals surface area contributed by atoms with Crippen LogP contribution in [0.25, 0.3) is 0 Å². The summed E-state index contributed by atoms with van der Waals surface area (Å²) >= 11 is 6.51. The third-order valence-corrected chi connectivity index (χ3v) is 6.34. The SMILES string of the molecule is Cc1ccc(N2O[C@@H]3C(=O)N(c4ccc(C(=O)O)cc4)C(=O)[C@@H]3[C@@H]2c2ccccc2Cl)cc1. The predicted octanol–water partition coefficient (Wildman–Crippen LogP) is 4.40. The van der Waals surface area contributed by atoms with Crippen LogP contribution in [0.3, 0.4) is 0 Å². The Balaban J connectivity index is 1.57. The summed E-state index contributed by atoms with van der Waals surface area (Å²) < 4.78 is 0. The molecular weight excluding hydrogens is 444 g/mol. The number of amides is 2. The van der Waals surface area contributed by atoms with Gasteiger partial charge in [-0.25, -0.2) is 14.8 Å². The standard InChI is InChI=1S/C25H19ClN2O5/c1-14-6-10-17(11-7-14)28-21(18-4-2-3-5-19(18)26)20-22(33-28)24(30)27(23(20)29)16-12-8-15(9-13-16)25(31)32/h2-13,20-22H,1H3,(H,31,32)/t20-,21+,22+/m1/s1. The largest absolute Gasteiger partial charge is 0.478 e. The molecule has 3 aromatic carbocycles. The van der Waals surface area contributed by atoms with E-state index < -0.39 is 35.8 Å². The lowest BCUT2D eigenvalue weighted by molar-refractivity contribution is -0.126. The molecule has 33 heavy (non-hydrogen) atoms. The van der Waals surface area contributed by atoms with E-state index in [2.05, 4.69) is 0 Å². The average molecular weight is 463 g/mol. The first-order valence-electron chi connectivity index (χ1n) is 10.3. The Morgan fingerprint density at radius 1 is 0.909 bits per heavy atom. The number of carboxylic acid groups (broad SMARTS) is 1. The quantitative estimate of drug-likeness (QED) is 0.578. The number of rotatable bonds is 4. The van der Waals surface area contributed by atoms with E-state index in [-0.39, 0.29) is 5.56 Å². The first-order valence-corrected chi connectivity index (χ1v) is 10.7. The van der Waals surface area contributed by atoms with E-state index in [0.29, 0.717) is 22.0 Å². The van der Waals surface area contributed by atoms with E-state index in [1.807, 2.05) is 43.3 Å². The molecule has 5 rings (SSSR count). The average Bonchev–Trinajstić information content (AvgIpc) is 3.31. The van der Waals surface area contributed by atoms with Gasteiger partial charge in [-0.3, -0.25) is 14.4 Å². The highest BCUT2D eigenvalue weighted by molar-refractivity contribution is 6.31. The Morgan fingerprint density at radius 3 is 2.18 bits per heavy atom. The van der Waals surface area contributed by atoms with Crippen molar-refractivity contribution < 1.29 is 24.3 Å². The Hall–Kier alpha value is -3.68. The normalized spacial score (nSPS) is 22.1. The molecule has 166 valence electrons. The minimum atomic E-state index is -1.09. The summed E-state index contributed by atoms with van der Waals surface area (Å²) in [5.41, 5.74) is 2.81. The van der Waals surface area contributed by atoms with Crippen LogP contribution in [-0.2, 0) is 14.4 Å². The van der Waals surface area contributed by atoms with Crippen LogP contribution in [0.5, 0.6) is 0 Å². The van der Waals surface area contributed by atoms with Gasteiger partial charge in [-0.2, -0.15) is 0 Å². The van der Waals surface area contributed by atoms with Crippen molar-refractivity contribution in [1.29, 1.82) is 0 Å². The lowest BCUT2D eigenvalue weighted by atomic mass is 9.90. The zero-order valence-electron chi connectivity index (χ0n) is 17.5. The van der Waals surface area contributed by atoms with Crippen LogP contribution in [0.2, 0.25) is 5.02 Å². The van der Waals surface area contributed by atoms with E-state index in [1.165, 1.54) is 24.3 Å². The number of benzene rings is 3. The van der Waals surface area contributed by atoms with Crippen molar-refractivity contribution in [2.24, 2.45) is 5.92 Å². The van der Waals surface area contributed by atoms with Crippen LogP contribution < -0.4 is 9.96 Å². The molecule has 7 nitrogen and oxygen atoms in total. The van der Waals surface area contributed by atoms with Crippen molar-refractivity contribution in [2.45, 2.75) is 19.1 Å². The van der Waals surface area contributed by atoms with E-state index in [9.17, 15) is 14.4 Å². The van der Waals surface area contributed by atoms with Crippen LogP contribution in [0.4, 0.5) is 11.4 Å². The number of carbonyl (C=O) groups excluding carboxylic acids is 2. The van der Waals surface area contributed by atoms with E-state index in [1.54, 1.807) is 17.2 Å². The first-order chi connectivity index (χ1) is 15.9. The van der Waals surface area contributed by atoms with Gasteiger partial charge in [0, 0.05) is 5.02 Å². The van der Waals surface area contributed by atoms with Crippen LogP contribution in [-0.4, -0.2) is 29.0 Å². The number of hydrogen-bond acceptors (Lipinski definition) is 5. The topological polar surface area (TPSA) is 87.2 Å². The molecule has 0 unspecified atom stereocenters. The molecule has 0 aromatic heterocycles. The minimum Gasteiger partial charge on any atom is -0.478 e. The summed E-state index contributed by atoms with van der Waals surface area (Å²) in [5.74, 6) is -2.83. The third kappa shape index (κ3) is 3.46. The highest BCUT2D eigenvalue weighted by Gasteiger charge is 2.60. The second-order valence-corrected chi connectivity index (χ2v) is 8.45. The Bertz CT molecular complexity index is 1260. The van der Waals surface area contributed by atoms with E-state index >= 15 is 0 Å². The number of imide groups is 1. The van der Waals surface area contributed by atoms with Crippen molar-refractivity contribution in [1.82, 2.24) is 0 Å². The van der Waals surface area contributed by atoms with Gasteiger partial charge < -0.3 is 5.11 Å². The number of hydrogen-bond donors (Lipinski definition) is 1. The lowest BCUT2D eigenvalue weighted by Crippen LogP contribution is -2.37. The van der Waals surface area contributed by atoms with Gasteiger partial charge in [0.2, 0.25) is 5.91 Å². The fourth-order valence-electron chi connectivity index (χ4n) is 4.37. The zero-order chi connectivity index (χ0) is 23.3. The van der Waals surface area contributed by atoms with Gasteiger partial charge >= 0.3 is 5.97 Å². The number of carboxylic acids is 1. The zero-order valence-corrected chi connectivity index (χ0v) is 18.3. The van der Waals surface area contributed by atoms with Gasteiger partial charge in [0.15, 0.2) is 6.10 Å². The molecule has 0 bridgehead atoms. The Morgan fingerprint density at radius 2 is 1.55 bits per heavy atom. The number of anilines is 2. The summed E-state index contributed by atoms with van der Waals surface area (Å²) in [6.07, 6.45) is -1.03. The molecule has 2 fully saturated rings. The molecule has 2 aliphatic heterocycles. The van der Waals surface area contributed by atoms with Gasteiger partial charge in [-0.1, -0.05) is 47.5 Å². The highest BCUT2D eigenvalue weighted by atomic mass is 35.5. The second-order valence-electron chi connectivity index (χ2n) is 8.04. The molecular formula is C25H19ClN2O5. The smallest absolute Gasteiger partial charge is 0.335 e. The molecule has 8 heteroatoms. The summed E-state index contributed by atoms with van der Waals surface area (Å²) in [6, 6.07) is 19.8. The number of hydroxylamine groups is 1. The molecule has 0 radical (unpaired) electrons. The highest BCUT2D eigenvalue weighted by Crippen LogP contribution is 2.48. The lowest BCUT2D eigenvalue weighted by Gasteiger charge is -2.29. The summed E-state index contributed by atoms with van der Waals surface area (Å²) in [6.45, 7) is 1.97. The molecule has 2 saturated heterocycles. The fourth-order valence-corrected chi connectivity index (χ4v) is 4.62. The van der Waals surface area contributed by atoms with Gasteiger partial charge in [-0.05, 0) is 55.0 Å².